The van der Waals surface area contributed by atoms with Crippen LogP contribution >= 0.6 is 0 Å². The molecule has 4 rings (SSSR count). The fourth-order valence-electron chi connectivity index (χ4n) is 5.83. The lowest BCUT2D eigenvalue weighted by Crippen LogP contribution is -2.60. The van der Waals surface area contributed by atoms with Gasteiger partial charge in [-0.05, 0) is 56.9 Å². The third-order valence-corrected chi connectivity index (χ3v) is 7.72. The molecule has 31 heavy (non-hydrogen) atoms. The van der Waals surface area contributed by atoms with Gasteiger partial charge in [-0.15, -0.1) is 0 Å². The summed E-state index contributed by atoms with van der Waals surface area (Å²) in [6.45, 7) is 6.28. The SMILES string of the molecule is CC1CCCCN1C(=O)C(C1CCCC1)N1CCN(C(=O)CCc2ccccc2)CC1. The van der Waals surface area contributed by atoms with E-state index in [1.54, 1.807) is 0 Å². The molecule has 3 aliphatic rings. The Bertz CT molecular complexity index is 723. The molecule has 2 atom stereocenters. The van der Waals surface area contributed by atoms with Crippen LogP contribution in [0.15, 0.2) is 30.3 Å². The van der Waals surface area contributed by atoms with Gasteiger partial charge < -0.3 is 9.80 Å². The van der Waals surface area contributed by atoms with Crippen LogP contribution in [0.1, 0.15) is 63.9 Å². The summed E-state index contributed by atoms with van der Waals surface area (Å²) in [5.41, 5.74) is 1.22. The Kier molecular flexibility index (Phi) is 7.65. The molecule has 0 aromatic heterocycles. The zero-order valence-corrected chi connectivity index (χ0v) is 19.2. The summed E-state index contributed by atoms with van der Waals surface area (Å²) in [6, 6.07) is 10.6. The highest BCUT2D eigenvalue weighted by Crippen LogP contribution is 2.33. The normalized spacial score (nSPS) is 24.4. The van der Waals surface area contributed by atoms with Gasteiger partial charge in [-0.2, -0.15) is 0 Å². The smallest absolute Gasteiger partial charge is 0.240 e. The fourth-order valence-corrected chi connectivity index (χ4v) is 5.83. The summed E-state index contributed by atoms with van der Waals surface area (Å²) in [4.78, 5) is 33.0. The Morgan fingerprint density at radius 1 is 0.903 bits per heavy atom. The number of benzene rings is 1. The van der Waals surface area contributed by atoms with E-state index in [9.17, 15) is 9.59 Å². The molecule has 2 amide bonds. The van der Waals surface area contributed by atoms with Crippen molar-refractivity contribution < 1.29 is 9.59 Å². The van der Waals surface area contributed by atoms with E-state index in [0.29, 0.717) is 24.3 Å². The van der Waals surface area contributed by atoms with Gasteiger partial charge >= 0.3 is 0 Å². The van der Waals surface area contributed by atoms with Crippen LogP contribution in [0.25, 0.3) is 0 Å². The summed E-state index contributed by atoms with van der Waals surface area (Å²) in [7, 11) is 0. The van der Waals surface area contributed by atoms with Crippen LogP contribution in [0.5, 0.6) is 0 Å². The van der Waals surface area contributed by atoms with Crippen molar-refractivity contribution in [2.24, 2.45) is 5.92 Å². The maximum Gasteiger partial charge on any atom is 0.240 e. The number of nitrogens with zero attached hydrogens (tertiary/aromatic N) is 3. The second-order valence-corrected chi connectivity index (χ2v) is 9.77. The molecule has 3 fully saturated rings. The van der Waals surface area contributed by atoms with E-state index in [1.165, 1.54) is 37.7 Å². The maximum atomic E-state index is 13.7. The van der Waals surface area contributed by atoms with E-state index in [2.05, 4.69) is 28.9 Å². The van der Waals surface area contributed by atoms with Crippen molar-refractivity contribution in [1.82, 2.24) is 14.7 Å². The molecular formula is C26H39N3O2. The number of likely N-dealkylation sites (tertiary alicyclic amines) is 1. The Morgan fingerprint density at radius 3 is 2.26 bits per heavy atom. The monoisotopic (exact) mass is 425 g/mol. The topological polar surface area (TPSA) is 43.9 Å². The maximum absolute atomic E-state index is 13.7. The third-order valence-electron chi connectivity index (χ3n) is 7.72. The highest BCUT2D eigenvalue weighted by atomic mass is 16.2. The second-order valence-electron chi connectivity index (χ2n) is 9.77. The number of hydrogen-bond donors (Lipinski definition) is 0. The molecular weight excluding hydrogens is 386 g/mol. The molecule has 1 aromatic carbocycles. The minimum Gasteiger partial charge on any atom is -0.340 e. The molecule has 2 heterocycles. The minimum atomic E-state index is 0.0182. The minimum absolute atomic E-state index is 0.0182. The van der Waals surface area contributed by atoms with Crippen LogP contribution in [-0.2, 0) is 16.0 Å². The van der Waals surface area contributed by atoms with E-state index >= 15 is 0 Å². The first-order valence-corrected chi connectivity index (χ1v) is 12.5. The predicted octanol–water partition coefficient (Wildman–Crippen LogP) is 3.72. The Balaban J connectivity index is 1.34. The summed E-state index contributed by atoms with van der Waals surface area (Å²) in [5, 5.41) is 0. The molecule has 5 heteroatoms. The molecule has 1 aromatic rings. The number of piperazine rings is 1. The van der Waals surface area contributed by atoms with Gasteiger partial charge in [0, 0.05) is 45.2 Å². The standard InChI is InChI=1S/C26H39N3O2/c1-21-9-7-8-16-29(21)26(31)25(23-12-5-6-13-23)28-19-17-27(18-20-28)24(30)15-14-22-10-3-2-4-11-22/h2-4,10-11,21,23,25H,5-9,12-20H2,1H3. The van der Waals surface area contributed by atoms with E-state index in [1.807, 2.05) is 23.1 Å². The van der Waals surface area contributed by atoms with Gasteiger partial charge in [0.25, 0.3) is 0 Å². The van der Waals surface area contributed by atoms with Crippen molar-refractivity contribution in [3.8, 4) is 0 Å². The third kappa shape index (κ3) is 5.49. The number of carbonyl (C=O) groups is 2. The zero-order chi connectivity index (χ0) is 21.6. The number of aryl methyl sites for hydroxylation is 1. The lowest BCUT2D eigenvalue weighted by atomic mass is 9.92. The number of hydrogen-bond acceptors (Lipinski definition) is 3. The van der Waals surface area contributed by atoms with Crippen molar-refractivity contribution in [3.63, 3.8) is 0 Å². The Morgan fingerprint density at radius 2 is 1.58 bits per heavy atom. The van der Waals surface area contributed by atoms with Gasteiger partial charge in [-0.25, -0.2) is 0 Å². The van der Waals surface area contributed by atoms with E-state index in [-0.39, 0.29) is 11.9 Å². The number of rotatable bonds is 6. The van der Waals surface area contributed by atoms with Gasteiger partial charge in [0.05, 0.1) is 6.04 Å². The lowest BCUT2D eigenvalue weighted by Gasteiger charge is -2.44. The first-order chi connectivity index (χ1) is 15.1. The van der Waals surface area contributed by atoms with Gasteiger partial charge in [0.15, 0.2) is 0 Å². The first-order valence-electron chi connectivity index (χ1n) is 12.5. The van der Waals surface area contributed by atoms with Crippen LogP contribution in [-0.4, -0.2) is 71.3 Å². The van der Waals surface area contributed by atoms with Crippen molar-refractivity contribution in [3.05, 3.63) is 35.9 Å². The van der Waals surface area contributed by atoms with Crippen LogP contribution < -0.4 is 0 Å². The second kappa shape index (κ2) is 10.6. The highest BCUT2D eigenvalue weighted by Gasteiger charge is 2.40. The van der Waals surface area contributed by atoms with Crippen LogP contribution in [0.2, 0.25) is 0 Å². The molecule has 2 aliphatic heterocycles. The molecule has 0 radical (unpaired) electrons. The van der Waals surface area contributed by atoms with Crippen molar-refractivity contribution in [2.75, 3.05) is 32.7 Å². The van der Waals surface area contributed by atoms with Gasteiger partial charge in [0.1, 0.15) is 0 Å². The average Bonchev–Trinajstić information content (AvgIpc) is 3.33. The van der Waals surface area contributed by atoms with Gasteiger partial charge in [-0.3, -0.25) is 14.5 Å². The molecule has 5 nitrogen and oxygen atoms in total. The predicted molar refractivity (Wildman–Crippen MR) is 124 cm³/mol. The number of carbonyl (C=O) groups excluding carboxylic acids is 2. The number of piperidine rings is 1. The first kappa shape index (κ1) is 22.3. The van der Waals surface area contributed by atoms with Crippen molar-refractivity contribution in [1.29, 1.82) is 0 Å². The van der Waals surface area contributed by atoms with Crippen LogP contribution in [0.3, 0.4) is 0 Å². The van der Waals surface area contributed by atoms with E-state index in [0.717, 1.165) is 52.0 Å². The molecule has 1 saturated carbocycles. The Labute approximate surface area is 187 Å². The van der Waals surface area contributed by atoms with Crippen molar-refractivity contribution >= 4 is 11.8 Å². The molecule has 0 spiro atoms. The summed E-state index contributed by atoms with van der Waals surface area (Å²) < 4.78 is 0. The van der Waals surface area contributed by atoms with Crippen LogP contribution in [0, 0.1) is 5.92 Å². The molecule has 2 saturated heterocycles. The van der Waals surface area contributed by atoms with Crippen LogP contribution in [0.4, 0.5) is 0 Å². The summed E-state index contributed by atoms with van der Waals surface area (Å²) >= 11 is 0. The lowest BCUT2D eigenvalue weighted by molar-refractivity contribution is -0.144. The largest absolute Gasteiger partial charge is 0.340 e. The fraction of sp³-hybridized carbons (Fsp3) is 0.692. The molecule has 1 aliphatic carbocycles. The average molecular weight is 426 g/mol. The molecule has 2 unspecified atom stereocenters. The van der Waals surface area contributed by atoms with Gasteiger partial charge in [0.2, 0.25) is 11.8 Å². The quantitative estimate of drug-likeness (QED) is 0.698. The van der Waals surface area contributed by atoms with Gasteiger partial charge in [-0.1, -0.05) is 43.2 Å². The van der Waals surface area contributed by atoms with Crippen molar-refractivity contribution in [2.45, 2.75) is 76.8 Å². The van der Waals surface area contributed by atoms with E-state index in [4.69, 9.17) is 0 Å². The molecule has 0 N–H and O–H groups in total. The zero-order valence-electron chi connectivity index (χ0n) is 19.2. The Hall–Kier alpha value is -1.88. The summed E-state index contributed by atoms with van der Waals surface area (Å²) in [5.74, 6) is 1.10. The molecule has 0 bridgehead atoms. The molecule has 170 valence electrons. The highest BCUT2D eigenvalue weighted by molar-refractivity contribution is 5.83. The number of amides is 2. The van der Waals surface area contributed by atoms with E-state index < -0.39 is 0 Å². The summed E-state index contributed by atoms with van der Waals surface area (Å²) in [6.07, 6.45) is 9.73.